The lowest BCUT2D eigenvalue weighted by Gasteiger charge is -2.06. The first-order valence-corrected chi connectivity index (χ1v) is 5.79. The lowest BCUT2D eigenvalue weighted by atomic mass is 10.2. The van der Waals surface area contributed by atoms with Crippen LogP contribution in [-0.2, 0) is 19.6 Å². The molecule has 0 aliphatic rings. The lowest BCUT2D eigenvalue weighted by Crippen LogP contribution is -2.16. The van der Waals surface area contributed by atoms with Gasteiger partial charge in [-0.25, -0.2) is 0 Å². The van der Waals surface area contributed by atoms with Crippen molar-refractivity contribution in [3.8, 4) is 11.5 Å². The summed E-state index contributed by atoms with van der Waals surface area (Å²) in [6.45, 7) is 4.06. The van der Waals surface area contributed by atoms with Crippen LogP contribution in [-0.4, -0.2) is 25.0 Å². The number of aryl methyl sites for hydroxylation is 1. The van der Waals surface area contributed by atoms with Crippen LogP contribution in [0, 0.1) is 0 Å². The Bertz CT molecular complexity index is 525. The van der Waals surface area contributed by atoms with Crippen LogP contribution in [0.3, 0.4) is 0 Å². The van der Waals surface area contributed by atoms with E-state index in [1.165, 1.54) is 12.1 Å². The number of aromatic hydroxyl groups is 2. The molecule has 1 aromatic heterocycles. The fourth-order valence-corrected chi connectivity index (χ4v) is 1.68. The molecule has 0 fully saturated rings. The molecule has 0 bridgehead atoms. The Kier molecular flexibility index (Phi) is 3.78. The average Bonchev–Trinajstić information content (AvgIpc) is 2.81. The molecule has 1 heterocycles. The minimum atomic E-state index is -0.107. The highest BCUT2D eigenvalue weighted by Crippen LogP contribution is 2.24. The van der Waals surface area contributed by atoms with Gasteiger partial charge in [0.1, 0.15) is 12.2 Å². The molecule has 6 heteroatoms. The molecule has 6 nitrogen and oxygen atoms in total. The Morgan fingerprint density at radius 1 is 1.22 bits per heavy atom. The van der Waals surface area contributed by atoms with E-state index < -0.39 is 0 Å². The SMILES string of the molecule is CCn1cnnc1CNCc1ccc(O)c(O)c1. The zero-order valence-electron chi connectivity index (χ0n) is 10.2. The number of phenols is 2. The molecule has 2 rings (SSSR count). The summed E-state index contributed by atoms with van der Waals surface area (Å²) in [7, 11) is 0. The number of hydrogen-bond donors (Lipinski definition) is 3. The maximum Gasteiger partial charge on any atom is 0.157 e. The first-order chi connectivity index (χ1) is 8.70. The van der Waals surface area contributed by atoms with Crippen LogP contribution in [0.2, 0.25) is 0 Å². The van der Waals surface area contributed by atoms with Crippen molar-refractivity contribution in [3.05, 3.63) is 35.9 Å². The third kappa shape index (κ3) is 2.78. The summed E-state index contributed by atoms with van der Waals surface area (Å²) in [4.78, 5) is 0. The standard InChI is InChI=1S/C12H16N4O2/c1-2-16-8-14-15-12(16)7-13-6-9-3-4-10(17)11(18)5-9/h3-5,8,13,17-18H,2,6-7H2,1H3. The minimum Gasteiger partial charge on any atom is -0.504 e. The van der Waals surface area contributed by atoms with Gasteiger partial charge in [0.05, 0.1) is 6.54 Å². The highest BCUT2D eigenvalue weighted by molar-refractivity contribution is 5.40. The van der Waals surface area contributed by atoms with E-state index in [1.54, 1.807) is 12.4 Å². The molecule has 1 aromatic carbocycles. The molecule has 3 N–H and O–H groups in total. The molecule has 0 aliphatic carbocycles. The van der Waals surface area contributed by atoms with Crippen molar-refractivity contribution in [1.82, 2.24) is 20.1 Å². The Balaban J connectivity index is 1.90. The van der Waals surface area contributed by atoms with Crippen molar-refractivity contribution < 1.29 is 10.2 Å². The van der Waals surface area contributed by atoms with Crippen molar-refractivity contribution >= 4 is 0 Å². The summed E-state index contributed by atoms with van der Waals surface area (Å²) >= 11 is 0. The van der Waals surface area contributed by atoms with Gasteiger partial charge in [-0.3, -0.25) is 0 Å². The topological polar surface area (TPSA) is 83.2 Å². The zero-order valence-corrected chi connectivity index (χ0v) is 10.2. The van der Waals surface area contributed by atoms with Gasteiger partial charge in [0.15, 0.2) is 11.5 Å². The van der Waals surface area contributed by atoms with Gasteiger partial charge in [0.25, 0.3) is 0 Å². The molecule has 0 unspecified atom stereocenters. The lowest BCUT2D eigenvalue weighted by molar-refractivity contribution is 0.403. The fraction of sp³-hybridized carbons (Fsp3) is 0.333. The highest BCUT2D eigenvalue weighted by Gasteiger charge is 2.03. The van der Waals surface area contributed by atoms with Crippen LogP contribution in [0.1, 0.15) is 18.3 Å². The minimum absolute atomic E-state index is 0.106. The quantitative estimate of drug-likeness (QED) is 0.687. The van der Waals surface area contributed by atoms with Crippen LogP contribution in [0.5, 0.6) is 11.5 Å². The van der Waals surface area contributed by atoms with Crippen molar-refractivity contribution in [1.29, 1.82) is 0 Å². The zero-order chi connectivity index (χ0) is 13.0. The van der Waals surface area contributed by atoms with Gasteiger partial charge in [-0.1, -0.05) is 6.07 Å². The first kappa shape index (κ1) is 12.4. The van der Waals surface area contributed by atoms with Crippen molar-refractivity contribution in [2.75, 3.05) is 0 Å². The number of rotatable bonds is 5. The number of aromatic nitrogens is 3. The highest BCUT2D eigenvalue weighted by atomic mass is 16.3. The van der Waals surface area contributed by atoms with Crippen LogP contribution < -0.4 is 5.32 Å². The number of nitrogens with zero attached hydrogens (tertiary/aromatic N) is 3. The van der Waals surface area contributed by atoms with Crippen molar-refractivity contribution in [3.63, 3.8) is 0 Å². The van der Waals surface area contributed by atoms with E-state index in [2.05, 4.69) is 15.5 Å². The van der Waals surface area contributed by atoms with Gasteiger partial charge >= 0.3 is 0 Å². The summed E-state index contributed by atoms with van der Waals surface area (Å²) in [6, 6.07) is 4.76. The monoisotopic (exact) mass is 248 g/mol. The van der Waals surface area contributed by atoms with Gasteiger partial charge in [-0.2, -0.15) is 0 Å². The maximum absolute atomic E-state index is 9.36. The molecule has 18 heavy (non-hydrogen) atoms. The second-order valence-corrected chi connectivity index (χ2v) is 3.96. The Morgan fingerprint density at radius 2 is 2.06 bits per heavy atom. The van der Waals surface area contributed by atoms with Gasteiger partial charge in [-0.05, 0) is 24.6 Å². The van der Waals surface area contributed by atoms with Crippen molar-refractivity contribution in [2.24, 2.45) is 0 Å². The second-order valence-electron chi connectivity index (χ2n) is 3.96. The molecular formula is C12H16N4O2. The van der Waals surface area contributed by atoms with E-state index >= 15 is 0 Å². The summed E-state index contributed by atoms with van der Waals surface area (Å²) in [5.41, 5.74) is 0.896. The van der Waals surface area contributed by atoms with E-state index in [9.17, 15) is 10.2 Å². The third-order valence-corrected chi connectivity index (χ3v) is 2.69. The maximum atomic E-state index is 9.36. The average molecular weight is 248 g/mol. The molecule has 0 saturated heterocycles. The molecule has 0 spiro atoms. The van der Waals surface area contributed by atoms with E-state index in [4.69, 9.17) is 0 Å². The number of nitrogens with one attached hydrogen (secondary N) is 1. The van der Waals surface area contributed by atoms with Gasteiger partial charge in [0.2, 0.25) is 0 Å². The molecule has 0 amide bonds. The summed E-state index contributed by atoms with van der Waals surface area (Å²) in [5, 5.41) is 29.6. The van der Waals surface area contributed by atoms with E-state index in [1.807, 2.05) is 11.5 Å². The van der Waals surface area contributed by atoms with Crippen LogP contribution in [0.4, 0.5) is 0 Å². The summed E-state index contributed by atoms with van der Waals surface area (Å²) in [6.07, 6.45) is 1.70. The van der Waals surface area contributed by atoms with Crippen LogP contribution >= 0.6 is 0 Å². The Labute approximate surface area is 105 Å². The van der Waals surface area contributed by atoms with Gasteiger partial charge < -0.3 is 20.1 Å². The van der Waals surface area contributed by atoms with E-state index in [-0.39, 0.29) is 11.5 Å². The molecule has 0 radical (unpaired) electrons. The van der Waals surface area contributed by atoms with Gasteiger partial charge in [-0.15, -0.1) is 10.2 Å². The fourth-order valence-electron chi connectivity index (χ4n) is 1.68. The Morgan fingerprint density at radius 3 is 2.78 bits per heavy atom. The third-order valence-electron chi connectivity index (χ3n) is 2.69. The molecule has 96 valence electrons. The largest absolute Gasteiger partial charge is 0.504 e. The van der Waals surface area contributed by atoms with E-state index in [0.29, 0.717) is 13.1 Å². The predicted octanol–water partition coefficient (Wildman–Crippen LogP) is 0.999. The molecule has 0 atom stereocenters. The van der Waals surface area contributed by atoms with Gasteiger partial charge in [0, 0.05) is 13.1 Å². The summed E-state index contributed by atoms with van der Waals surface area (Å²) in [5.74, 6) is 0.663. The normalized spacial score (nSPS) is 10.7. The van der Waals surface area contributed by atoms with Crippen LogP contribution in [0.25, 0.3) is 0 Å². The summed E-state index contributed by atoms with van der Waals surface area (Å²) < 4.78 is 1.96. The molecule has 0 saturated carbocycles. The van der Waals surface area contributed by atoms with Crippen LogP contribution in [0.15, 0.2) is 24.5 Å². The van der Waals surface area contributed by atoms with Crippen molar-refractivity contribution in [2.45, 2.75) is 26.6 Å². The van der Waals surface area contributed by atoms with E-state index in [0.717, 1.165) is 17.9 Å². The molecule has 0 aliphatic heterocycles. The molecular weight excluding hydrogens is 232 g/mol. The number of hydrogen-bond acceptors (Lipinski definition) is 5. The number of phenolic OH excluding ortho intramolecular Hbond substituents is 2. The smallest absolute Gasteiger partial charge is 0.157 e. The second kappa shape index (κ2) is 5.50. The number of benzene rings is 1. The first-order valence-electron chi connectivity index (χ1n) is 5.79. The molecule has 2 aromatic rings. The Hall–Kier alpha value is -2.08. The predicted molar refractivity (Wildman–Crippen MR) is 66.0 cm³/mol.